The number of nitrogens with one attached hydrogen (secondary N) is 1. The molecule has 1 saturated heterocycles. The first-order valence-electron chi connectivity index (χ1n) is 10.6. The summed E-state index contributed by atoms with van der Waals surface area (Å²) in [5.74, 6) is -0.363. The lowest BCUT2D eigenvalue weighted by Crippen LogP contribution is -2.31. The van der Waals surface area contributed by atoms with Crippen LogP contribution < -0.4 is 15.1 Å². The van der Waals surface area contributed by atoms with Gasteiger partial charge in [-0.15, -0.1) is 11.3 Å². The number of anilines is 3. The van der Waals surface area contributed by atoms with E-state index < -0.39 is 0 Å². The van der Waals surface area contributed by atoms with Crippen molar-refractivity contribution in [1.29, 1.82) is 0 Å². The molecule has 3 aromatic rings. The van der Waals surface area contributed by atoms with E-state index >= 15 is 0 Å². The second-order valence-electron chi connectivity index (χ2n) is 7.79. The van der Waals surface area contributed by atoms with Crippen LogP contribution in [0.4, 0.5) is 16.5 Å². The first-order valence-corrected chi connectivity index (χ1v) is 11.9. The number of rotatable bonds is 5. The minimum Gasteiger partial charge on any atom is -0.327 e. The van der Waals surface area contributed by atoms with Gasteiger partial charge in [0.2, 0.25) is 5.91 Å². The summed E-state index contributed by atoms with van der Waals surface area (Å²) in [5, 5.41) is 5.71. The molecule has 0 radical (unpaired) electrons. The lowest BCUT2D eigenvalue weighted by Gasteiger charge is -2.19. The summed E-state index contributed by atoms with van der Waals surface area (Å²) in [5.41, 5.74) is 5.76. The molecule has 1 N–H and O–H groups in total. The van der Waals surface area contributed by atoms with E-state index in [9.17, 15) is 9.59 Å². The maximum absolute atomic E-state index is 13.1. The predicted molar refractivity (Wildman–Crippen MR) is 138 cm³/mol. The van der Waals surface area contributed by atoms with Gasteiger partial charge in [0.05, 0.1) is 17.1 Å². The van der Waals surface area contributed by atoms with Gasteiger partial charge in [-0.05, 0) is 73.5 Å². The molecular weight excluding hydrogens is 452 g/mol. The third kappa shape index (κ3) is 4.44. The first-order chi connectivity index (χ1) is 15.8. The molecule has 0 aliphatic carbocycles. The highest BCUT2D eigenvalue weighted by molar-refractivity contribution is 7.80. The fourth-order valence-corrected chi connectivity index (χ4v) is 4.80. The summed E-state index contributed by atoms with van der Waals surface area (Å²) in [6, 6.07) is 13.6. The van der Waals surface area contributed by atoms with E-state index in [1.165, 1.54) is 23.2 Å². The fraction of sp³-hybridized carbons (Fsp3) is 0.200. The summed E-state index contributed by atoms with van der Waals surface area (Å²) in [6.07, 6.45) is 2.46. The van der Waals surface area contributed by atoms with E-state index in [0.717, 1.165) is 34.5 Å². The molecule has 0 spiro atoms. The van der Waals surface area contributed by atoms with Gasteiger partial charge in [-0.3, -0.25) is 19.4 Å². The Morgan fingerprint density at radius 3 is 2.67 bits per heavy atom. The van der Waals surface area contributed by atoms with Crippen molar-refractivity contribution >= 4 is 63.1 Å². The maximum Gasteiger partial charge on any atom is 0.281 e. The lowest BCUT2D eigenvalue weighted by atomic mass is 10.1. The molecule has 168 valence electrons. The van der Waals surface area contributed by atoms with Crippen LogP contribution in [0.5, 0.6) is 0 Å². The molecule has 1 aliphatic heterocycles. The number of thiazole rings is 1. The Morgan fingerprint density at radius 2 is 1.97 bits per heavy atom. The zero-order chi connectivity index (χ0) is 23.7. The number of hydrogen-bond acceptors (Lipinski definition) is 5. The van der Waals surface area contributed by atoms with E-state index in [4.69, 9.17) is 12.2 Å². The second-order valence-corrected chi connectivity index (χ2v) is 9.01. The Hall–Kier alpha value is -3.36. The van der Waals surface area contributed by atoms with Crippen LogP contribution in [0.3, 0.4) is 0 Å². The molecule has 4 rings (SSSR count). The summed E-state index contributed by atoms with van der Waals surface area (Å²) in [6.45, 7) is 7.60. The Labute approximate surface area is 202 Å². The molecule has 1 aromatic heterocycles. The summed E-state index contributed by atoms with van der Waals surface area (Å²) < 4.78 is 0. The van der Waals surface area contributed by atoms with Crippen molar-refractivity contribution in [2.75, 3.05) is 9.80 Å². The molecule has 33 heavy (non-hydrogen) atoms. The van der Waals surface area contributed by atoms with E-state index in [-0.39, 0.29) is 11.8 Å². The summed E-state index contributed by atoms with van der Waals surface area (Å²) in [4.78, 5) is 33.3. The lowest BCUT2D eigenvalue weighted by molar-refractivity contribution is -0.116. The number of thiocarbonyl (C=S) groups is 1. The summed E-state index contributed by atoms with van der Waals surface area (Å²) in [7, 11) is 0. The number of nitrogens with zero attached hydrogens (tertiary/aromatic N) is 3. The Bertz CT molecular complexity index is 1300. The van der Waals surface area contributed by atoms with Gasteiger partial charge in [-0.1, -0.05) is 31.2 Å². The Balaban J connectivity index is 1.64. The summed E-state index contributed by atoms with van der Waals surface area (Å²) >= 11 is 6.79. The van der Waals surface area contributed by atoms with E-state index in [1.807, 2.05) is 68.6 Å². The molecule has 6 nitrogen and oxygen atoms in total. The van der Waals surface area contributed by atoms with Crippen LogP contribution >= 0.6 is 23.6 Å². The van der Waals surface area contributed by atoms with Gasteiger partial charge < -0.3 is 5.32 Å². The van der Waals surface area contributed by atoms with Crippen molar-refractivity contribution in [3.63, 3.8) is 0 Å². The maximum atomic E-state index is 13.1. The number of benzene rings is 2. The average Bonchev–Trinajstić information content (AvgIpc) is 3.34. The van der Waals surface area contributed by atoms with Crippen LogP contribution in [0, 0.1) is 13.8 Å². The topological polar surface area (TPSA) is 65.5 Å². The Morgan fingerprint density at radius 1 is 1.21 bits per heavy atom. The highest BCUT2D eigenvalue weighted by atomic mass is 32.1. The quantitative estimate of drug-likeness (QED) is 0.401. The number of aryl methyl sites for hydroxylation is 3. The van der Waals surface area contributed by atoms with Crippen molar-refractivity contribution in [2.24, 2.45) is 0 Å². The van der Waals surface area contributed by atoms with Gasteiger partial charge >= 0.3 is 0 Å². The number of carbonyl (C=O) groups excluding carboxylic acids is 2. The van der Waals surface area contributed by atoms with Crippen LogP contribution in [0.15, 0.2) is 53.5 Å². The molecule has 8 heteroatoms. The van der Waals surface area contributed by atoms with Crippen molar-refractivity contribution in [3.05, 3.63) is 75.9 Å². The molecule has 1 aliphatic rings. The molecular formula is C25H24N4O2S2. The molecule has 0 unspecified atom stereocenters. The Kier molecular flexibility index (Phi) is 6.40. The normalized spacial score (nSPS) is 14.7. The third-order valence-corrected chi connectivity index (χ3v) is 6.68. The van der Waals surface area contributed by atoms with Crippen LogP contribution in [0.1, 0.15) is 36.2 Å². The number of amides is 2. The largest absolute Gasteiger partial charge is 0.327 e. The molecule has 1 fully saturated rings. The SMILES string of the molecule is CCc1ccccc1N1C(=O)/C(=C\c2csc(N(C(C)=O)c3ccc(C)c(C)c3)n2)NC1=S. The van der Waals surface area contributed by atoms with Gasteiger partial charge in [0, 0.05) is 12.3 Å². The average molecular weight is 477 g/mol. The van der Waals surface area contributed by atoms with E-state index in [2.05, 4.69) is 10.3 Å². The van der Waals surface area contributed by atoms with Crippen molar-refractivity contribution in [1.82, 2.24) is 10.3 Å². The highest BCUT2D eigenvalue weighted by Gasteiger charge is 2.33. The van der Waals surface area contributed by atoms with Crippen LogP contribution in [-0.2, 0) is 16.0 Å². The zero-order valence-corrected chi connectivity index (χ0v) is 20.5. The van der Waals surface area contributed by atoms with E-state index in [0.29, 0.717) is 21.6 Å². The van der Waals surface area contributed by atoms with E-state index in [1.54, 1.807) is 11.0 Å². The first kappa shape index (κ1) is 22.8. The van der Waals surface area contributed by atoms with Crippen LogP contribution in [-0.4, -0.2) is 21.9 Å². The fourth-order valence-electron chi connectivity index (χ4n) is 3.67. The monoisotopic (exact) mass is 476 g/mol. The van der Waals surface area contributed by atoms with Gasteiger partial charge in [-0.25, -0.2) is 4.98 Å². The van der Waals surface area contributed by atoms with Crippen molar-refractivity contribution in [3.8, 4) is 0 Å². The number of hydrogen-bond donors (Lipinski definition) is 1. The predicted octanol–water partition coefficient (Wildman–Crippen LogP) is 5.27. The van der Waals surface area contributed by atoms with Crippen LogP contribution in [0.25, 0.3) is 6.08 Å². The second kappa shape index (κ2) is 9.25. The highest BCUT2D eigenvalue weighted by Crippen LogP contribution is 2.32. The van der Waals surface area contributed by atoms with Crippen LogP contribution in [0.2, 0.25) is 0 Å². The zero-order valence-electron chi connectivity index (χ0n) is 18.9. The van der Waals surface area contributed by atoms with Crippen molar-refractivity contribution < 1.29 is 9.59 Å². The standard InChI is InChI=1S/C25H24N4O2S2/c1-5-18-8-6-7-9-22(18)29-23(31)21(27-24(29)32)13-19-14-33-25(26-19)28(17(4)30)20-11-10-15(2)16(3)12-20/h6-14H,5H2,1-4H3,(H,27,32)/b21-13+. The third-order valence-electron chi connectivity index (χ3n) is 5.55. The molecule has 2 aromatic carbocycles. The smallest absolute Gasteiger partial charge is 0.281 e. The number of carbonyl (C=O) groups is 2. The molecule has 0 atom stereocenters. The van der Waals surface area contributed by atoms with Crippen molar-refractivity contribution in [2.45, 2.75) is 34.1 Å². The number of para-hydroxylation sites is 1. The van der Waals surface area contributed by atoms with Gasteiger partial charge in [-0.2, -0.15) is 0 Å². The van der Waals surface area contributed by atoms with Gasteiger partial charge in [0.15, 0.2) is 10.2 Å². The van der Waals surface area contributed by atoms with Gasteiger partial charge in [0.1, 0.15) is 5.70 Å². The minimum atomic E-state index is -0.229. The van der Waals surface area contributed by atoms with Gasteiger partial charge in [0.25, 0.3) is 5.91 Å². The number of aromatic nitrogens is 1. The minimum absolute atomic E-state index is 0.134. The molecule has 0 bridgehead atoms. The molecule has 2 amide bonds. The molecule has 2 heterocycles. The molecule has 0 saturated carbocycles.